The van der Waals surface area contributed by atoms with Gasteiger partial charge in [-0.15, -0.1) is 21.5 Å². The molecule has 0 aromatic carbocycles. The van der Waals surface area contributed by atoms with Crippen LogP contribution in [0.4, 0.5) is 10.9 Å². The maximum absolute atomic E-state index is 11.7. The van der Waals surface area contributed by atoms with E-state index in [1.54, 1.807) is 12.3 Å². The van der Waals surface area contributed by atoms with Gasteiger partial charge < -0.3 is 9.64 Å². The third-order valence-corrected chi connectivity index (χ3v) is 4.16. The zero-order valence-corrected chi connectivity index (χ0v) is 12.9. The predicted molar refractivity (Wildman–Crippen MR) is 80.4 cm³/mol. The van der Waals surface area contributed by atoms with E-state index < -0.39 is 5.97 Å². The number of aryl methyl sites for hydroxylation is 1. The van der Waals surface area contributed by atoms with Crippen LogP contribution in [0.5, 0.6) is 0 Å². The Morgan fingerprint density at radius 2 is 2.38 bits per heavy atom. The number of carbonyl (C=O) groups is 1. The minimum atomic E-state index is -0.403. The number of aromatic nitrogens is 3. The van der Waals surface area contributed by atoms with Gasteiger partial charge >= 0.3 is 5.97 Å². The summed E-state index contributed by atoms with van der Waals surface area (Å²) in [5, 5.41) is 10.9. The quantitative estimate of drug-likeness (QED) is 0.809. The molecule has 0 N–H and O–H groups in total. The van der Waals surface area contributed by atoms with Gasteiger partial charge in [0.25, 0.3) is 0 Å². The van der Waals surface area contributed by atoms with E-state index in [1.165, 1.54) is 11.3 Å². The topological polar surface area (TPSA) is 68.2 Å². The molecule has 2 aromatic heterocycles. The number of thiazole rings is 1. The number of halogens is 1. The number of carbonyl (C=O) groups excluding carboxylic acids is 1. The Morgan fingerprint density at radius 3 is 3.19 bits per heavy atom. The Morgan fingerprint density at radius 1 is 1.52 bits per heavy atom. The molecular formula is C13H13ClN4O2S. The van der Waals surface area contributed by atoms with E-state index >= 15 is 0 Å². The summed E-state index contributed by atoms with van der Waals surface area (Å²) in [5.41, 5.74) is 1.38. The lowest BCUT2D eigenvalue weighted by Crippen LogP contribution is -2.26. The van der Waals surface area contributed by atoms with Gasteiger partial charge in [-0.3, -0.25) is 0 Å². The third kappa shape index (κ3) is 2.84. The van der Waals surface area contributed by atoms with Crippen molar-refractivity contribution >= 4 is 39.9 Å². The van der Waals surface area contributed by atoms with Crippen LogP contribution >= 0.6 is 22.9 Å². The number of hydrogen-bond acceptors (Lipinski definition) is 7. The molecule has 0 aliphatic carbocycles. The van der Waals surface area contributed by atoms with Gasteiger partial charge in [-0.2, -0.15) is 0 Å². The van der Waals surface area contributed by atoms with Gasteiger partial charge in [0.15, 0.2) is 21.8 Å². The summed E-state index contributed by atoms with van der Waals surface area (Å²) in [5.74, 6) is 0.356. The van der Waals surface area contributed by atoms with Gasteiger partial charge in [-0.05, 0) is 25.8 Å². The molecule has 0 bridgehead atoms. The zero-order chi connectivity index (χ0) is 14.8. The van der Waals surface area contributed by atoms with E-state index in [2.05, 4.69) is 15.2 Å². The number of esters is 1. The van der Waals surface area contributed by atoms with E-state index in [0.717, 1.165) is 35.9 Å². The van der Waals surface area contributed by atoms with Crippen molar-refractivity contribution in [3.05, 3.63) is 27.9 Å². The summed E-state index contributed by atoms with van der Waals surface area (Å²) in [6, 6.07) is 1.83. The number of rotatable bonds is 3. The van der Waals surface area contributed by atoms with Gasteiger partial charge in [0, 0.05) is 17.5 Å². The SMILES string of the molecule is CCOC(=O)c1csc(N2CCCc3cc(Cl)nnc32)n1. The smallest absolute Gasteiger partial charge is 0.357 e. The van der Waals surface area contributed by atoms with E-state index in [4.69, 9.17) is 16.3 Å². The third-order valence-electron chi connectivity index (χ3n) is 3.11. The molecular weight excluding hydrogens is 312 g/mol. The number of fused-ring (bicyclic) bond motifs is 1. The second-order valence-electron chi connectivity index (χ2n) is 4.51. The van der Waals surface area contributed by atoms with Crippen LogP contribution in [0.3, 0.4) is 0 Å². The molecule has 0 radical (unpaired) electrons. The number of hydrogen-bond donors (Lipinski definition) is 0. The minimum absolute atomic E-state index is 0.325. The highest BCUT2D eigenvalue weighted by molar-refractivity contribution is 7.14. The van der Waals surface area contributed by atoms with Crippen molar-refractivity contribution < 1.29 is 9.53 Å². The van der Waals surface area contributed by atoms with Gasteiger partial charge in [0.1, 0.15) is 0 Å². The molecule has 21 heavy (non-hydrogen) atoms. The molecule has 1 aliphatic rings. The van der Waals surface area contributed by atoms with Gasteiger partial charge in [-0.1, -0.05) is 11.6 Å². The molecule has 6 nitrogen and oxygen atoms in total. The zero-order valence-electron chi connectivity index (χ0n) is 11.4. The highest BCUT2D eigenvalue weighted by atomic mass is 35.5. The first-order valence-corrected chi connectivity index (χ1v) is 7.87. The normalized spacial score (nSPS) is 13.9. The fourth-order valence-corrected chi connectivity index (χ4v) is 3.21. The highest BCUT2D eigenvalue weighted by Crippen LogP contribution is 2.34. The molecule has 0 spiro atoms. The molecule has 3 rings (SSSR count). The molecule has 3 heterocycles. The van der Waals surface area contributed by atoms with Crippen LogP contribution in [-0.2, 0) is 11.2 Å². The van der Waals surface area contributed by atoms with Crippen molar-refractivity contribution in [3.8, 4) is 0 Å². The first-order valence-electron chi connectivity index (χ1n) is 6.61. The van der Waals surface area contributed by atoms with Crippen LogP contribution in [0.2, 0.25) is 5.15 Å². The fourth-order valence-electron chi connectivity index (χ4n) is 2.21. The van der Waals surface area contributed by atoms with Crippen molar-refractivity contribution in [3.63, 3.8) is 0 Å². The maximum Gasteiger partial charge on any atom is 0.357 e. The number of ether oxygens (including phenoxy) is 1. The maximum atomic E-state index is 11.7. The van der Waals surface area contributed by atoms with Gasteiger partial charge in [0.2, 0.25) is 0 Å². The Bertz CT molecular complexity index is 676. The van der Waals surface area contributed by atoms with E-state index in [1.807, 2.05) is 11.0 Å². The summed E-state index contributed by atoms with van der Waals surface area (Å²) in [4.78, 5) is 18.0. The predicted octanol–water partition coefficient (Wildman–Crippen LogP) is 2.85. The summed E-state index contributed by atoms with van der Waals surface area (Å²) in [6.07, 6.45) is 1.89. The molecule has 110 valence electrons. The number of nitrogens with zero attached hydrogens (tertiary/aromatic N) is 4. The van der Waals surface area contributed by atoms with Crippen molar-refractivity contribution in [2.75, 3.05) is 18.1 Å². The van der Waals surface area contributed by atoms with E-state index in [0.29, 0.717) is 17.5 Å². The fraction of sp³-hybridized carbons (Fsp3) is 0.385. The standard InChI is InChI=1S/C13H13ClN4O2S/c1-2-20-12(19)9-7-21-13(15-9)18-5-3-4-8-6-10(14)16-17-11(8)18/h6-7H,2-5H2,1H3. The average molecular weight is 325 g/mol. The van der Waals surface area contributed by atoms with Crippen LogP contribution in [0, 0.1) is 0 Å². The monoisotopic (exact) mass is 324 g/mol. The van der Waals surface area contributed by atoms with Crippen LogP contribution in [0.1, 0.15) is 29.4 Å². The summed E-state index contributed by atoms with van der Waals surface area (Å²) >= 11 is 7.28. The van der Waals surface area contributed by atoms with Gasteiger partial charge in [0.05, 0.1) is 6.61 Å². The summed E-state index contributed by atoms with van der Waals surface area (Å²) < 4.78 is 4.96. The lowest BCUT2D eigenvalue weighted by atomic mass is 10.1. The Balaban J connectivity index is 1.90. The highest BCUT2D eigenvalue weighted by Gasteiger charge is 2.24. The second kappa shape index (κ2) is 5.95. The molecule has 0 amide bonds. The Hall–Kier alpha value is -1.73. The van der Waals surface area contributed by atoms with Crippen molar-refractivity contribution in [2.24, 2.45) is 0 Å². The average Bonchev–Trinajstić information content (AvgIpc) is 2.96. The largest absolute Gasteiger partial charge is 0.461 e. The van der Waals surface area contributed by atoms with E-state index in [9.17, 15) is 4.79 Å². The molecule has 1 aliphatic heterocycles. The Kier molecular flexibility index (Phi) is 4.03. The first-order chi connectivity index (χ1) is 10.2. The molecule has 0 atom stereocenters. The molecule has 2 aromatic rings. The second-order valence-corrected chi connectivity index (χ2v) is 5.73. The van der Waals surface area contributed by atoms with Crippen LogP contribution in [0.15, 0.2) is 11.4 Å². The molecule has 0 unspecified atom stereocenters. The molecule has 0 saturated heterocycles. The van der Waals surface area contributed by atoms with E-state index in [-0.39, 0.29) is 0 Å². The van der Waals surface area contributed by atoms with Crippen molar-refractivity contribution in [1.82, 2.24) is 15.2 Å². The Labute approximate surface area is 130 Å². The number of anilines is 2. The van der Waals surface area contributed by atoms with Gasteiger partial charge in [-0.25, -0.2) is 9.78 Å². The lowest BCUT2D eigenvalue weighted by molar-refractivity contribution is 0.0520. The summed E-state index contributed by atoms with van der Waals surface area (Å²) in [6.45, 7) is 2.90. The van der Waals surface area contributed by atoms with Crippen molar-refractivity contribution in [1.29, 1.82) is 0 Å². The first kappa shape index (κ1) is 14.2. The molecule has 0 fully saturated rings. The van der Waals surface area contributed by atoms with Crippen molar-refractivity contribution in [2.45, 2.75) is 19.8 Å². The molecule has 8 heteroatoms. The van der Waals surface area contributed by atoms with Crippen LogP contribution in [-0.4, -0.2) is 34.3 Å². The summed E-state index contributed by atoms with van der Waals surface area (Å²) in [7, 11) is 0. The minimum Gasteiger partial charge on any atom is -0.461 e. The lowest BCUT2D eigenvalue weighted by Gasteiger charge is -2.26. The molecule has 0 saturated carbocycles. The van der Waals surface area contributed by atoms with Crippen LogP contribution < -0.4 is 4.90 Å². The van der Waals surface area contributed by atoms with Crippen LogP contribution in [0.25, 0.3) is 0 Å².